The summed E-state index contributed by atoms with van der Waals surface area (Å²) in [6.45, 7) is 10.1. The van der Waals surface area contributed by atoms with E-state index in [-0.39, 0.29) is 6.61 Å². The molecule has 1 N–H and O–H groups in total. The number of rotatable bonds is 7. The number of hydrogen-bond acceptors (Lipinski definition) is 4. The third kappa shape index (κ3) is 4.97. The van der Waals surface area contributed by atoms with E-state index >= 15 is 0 Å². The van der Waals surface area contributed by atoms with Gasteiger partial charge in [0.25, 0.3) is 0 Å². The number of benzene rings is 1. The van der Waals surface area contributed by atoms with Gasteiger partial charge in [0.1, 0.15) is 5.75 Å². The first-order valence-corrected chi connectivity index (χ1v) is 8.32. The molecule has 1 aliphatic heterocycles. The zero-order valence-corrected chi connectivity index (χ0v) is 14.2. The maximum absolute atomic E-state index is 9.35. The van der Waals surface area contributed by atoms with Crippen LogP contribution in [0.1, 0.15) is 25.8 Å². The topological polar surface area (TPSA) is 35.9 Å². The van der Waals surface area contributed by atoms with Crippen molar-refractivity contribution in [3.8, 4) is 5.75 Å². The summed E-state index contributed by atoms with van der Waals surface area (Å²) in [4.78, 5) is 5.05. The van der Waals surface area contributed by atoms with Gasteiger partial charge in [0.2, 0.25) is 0 Å². The number of ether oxygens (including phenoxy) is 1. The molecular weight excluding hydrogens is 276 g/mol. The number of aliphatic hydroxyl groups is 1. The van der Waals surface area contributed by atoms with Crippen molar-refractivity contribution < 1.29 is 9.84 Å². The van der Waals surface area contributed by atoms with E-state index in [1.54, 1.807) is 7.11 Å². The molecule has 1 fully saturated rings. The van der Waals surface area contributed by atoms with E-state index in [1.165, 1.54) is 5.56 Å². The molecule has 1 atom stereocenters. The maximum Gasteiger partial charge on any atom is 0.118 e. The first-order valence-electron chi connectivity index (χ1n) is 8.32. The fourth-order valence-corrected chi connectivity index (χ4v) is 3.22. The van der Waals surface area contributed by atoms with Gasteiger partial charge in [0.15, 0.2) is 0 Å². The summed E-state index contributed by atoms with van der Waals surface area (Å²) in [5.41, 5.74) is 1.32. The highest BCUT2D eigenvalue weighted by molar-refractivity contribution is 5.27. The monoisotopic (exact) mass is 306 g/mol. The molecule has 1 aromatic rings. The Bertz CT molecular complexity index is 433. The summed E-state index contributed by atoms with van der Waals surface area (Å²) in [7, 11) is 1.70. The summed E-state index contributed by atoms with van der Waals surface area (Å²) in [6.07, 6.45) is 0.867. The Balaban J connectivity index is 1.92. The molecule has 124 valence electrons. The minimum Gasteiger partial charge on any atom is -0.497 e. The van der Waals surface area contributed by atoms with Gasteiger partial charge in [0, 0.05) is 45.4 Å². The Kier molecular flexibility index (Phi) is 6.68. The second kappa shape index (κ2) is 8.51. The molecule has 0 spiro atoms. The van der Waals surface area contributed by atoms with Crippen LogP contribution in [0.3, 0.4) is 0 Å². The molecule has 4 nitrogen and oxygen atoms in total. The van der Waals surface area contributed by atoms with Gasteiger partial charge in [-0.3, -0.25) is 9.80 Å². The molecule has 1 heterocycles. The lowest BCUT2D eigenvalue weighted by atomic mass is 10.1. The molecule has 0 amide bonds. The van der Waals surface area contributed by atoms with E-state index in [1.807, 2.05) is 12.1 Å². The van der Waals surface area contributed by atoms with Gasteiger partial charge in [-0.25, -0.2) is 0 Å². The van der Waals surface area contributed by atoms with E-state index in [9.17, 15) is 5.11 Å². The van der Waals surface area contributed by atoms with Crippen LogP contribution in [-0.2, 0) is 6.54 Å². The van der Waals surface area contributed by atoms with Gasteiger partial charge in [-0.2, -0.15) is 0 Å². The molecule has 2 rings (SSSR count). The quantitative estimate of drug-likeness (QED) is 0.838. The van der Waals surface area contributed by atoms with E-state index < -0.39 is 0 Å². The van der Waals surface area contributed by atoms with Crippen molar-refractivity contribution >= 4 is 0 Å². The average molecular weight is 306 g/mol. The Morgan fingerprint density at radius 2 is 1.95 bits per heavy atom. The van der Waals surface area contributed by atoms with Crippen LogP contribution in [0, 0.1) is 5.92 Å². The largest absolute Gasteiger partial charge is 0.497 e. The fraction of sp³-hybridized carbons (Fsp3) is 0.667. The highest BCUT2D eigenvalue weighted by Crippen LogP contribution is 2.18. The van der Waals surface area contributed by atoms with E-state index in [0.29, 0.717) is 12.0 Å². The molecule has 0 radical (unpaired) electrons. The minimum absolute atomic E-state index is 0.273. The average Bonchev–Trinajstić information content (AvgIpc) is 2.50. The standard InChI is InChI=1S/C18H30N2O2/c1-15(2)12-20-10-9-19(14-17(20)8-11-21)13-16-4-6-18(22-3)7-5-16/h4-7,15,17,21H,8-14H2,1-3H3/t17-/m0/s1. The van der Waals surface area contributed by atoms with Crippen molar-refractivity contribution in [2.75, 3.05) is 39.9 Å². The van der Waals surface area contributed by atoms with Gasteiger partial charge >= 0.3 is 0 Å². The van der Waals surface area contributed by atoms with Gasteiger partial charge in [-0.1, -0.05) is 26.0 Å². The van der Waals surface area contributed by atoms with Crippen LogP contribution in [0.5, 0.6) is 5.75 Å². The van der Waals surface area contributed by atoms with Crippen molar-refractivity contribution in [3.63, 3.8) is 0 Å². The Hall–Kier alpha value is -1.10. The summed E-state index contributed by atoms with van der Waals surface area (Å²) in [6, 6.07) is 8.80. The Morgan fingerprint density at radius 3 is 2.55 bits per heavy atom. The lowest BCUT2D eigenvalue weighted by Crippen LogP contribution is -2.53. The van der Waals surface area contributed by atoms with Crippen molar-refractivity contribution in [3.05, 3.63) is 29.8 Å². The zero-order valence-electron chi connectivity index (χ0n) is 14.2. The molecule has 22 heavy (non-hydrogen) atoms. The zero-order chi connectivity index (χ0) is 15.9. The number of nitrogens with zero attached hydrogens (tertiary/aromatic N) is 2. The highest BCUT2D eigenvalue weighted by Gasteiger charge is 2.26. The lowest BCUT2D eigenvalue weighted by molar-refractivity contribution is 0.0477. The fourth-order valence-electron chi connectivity index (χ4n) is 3.22. The van der Waals surface area contributed by atoms with Gasteiger partial charge in [-0.15, -0.1) is 0 Å². The summed E-state index contributed by atoms with van der Waals surface area (Å²) >= 11 is 0. The van der Waals surface area contributed by atoms with E-state index in [0.717, 1.165) is 44.9 Å². The van der Waals surface area contributed by atoms with Crippen molar-refractivity contribution in [2.45, 2.75) is 32.9 Å². The smallest absolute Gasteiger partial charge is 0.118 e. The molecule has 0 unspecified atom stereocenters. The maximum atomic E-state index is 9.35. The van der Waals surface area contributed by atoms with Crippen LogP contribution in [0.2, 0.25) is 0 Å². The van der Waals surface area contributed by atoms with Crippen LogP contribution >= 0.6 is 0 Å². The second-order valence-corrected chi connectivity index (χ2v) is 6.64. The third-order valence-electron chi connectivity index (χ3n) is 4.32. The predicted molar refractivity (Wildman–Crippen MR) is 90.2 cm³/mol. The summed E-state index contributed by atoms with van der Waals surface area (Å²) in [5, 5.41) is 9.35. The normalized spacial score (nSPS) is 20.5. The van der Waals surface area contributed by atoms with Gasteiger partial charge < -0.3 is 9.84 Å². The lowest BCUT2D eigenvalue weighted by Gasteiger charge is -2.42. The number of piperazine rings is 1. The Labute approximate surface area is 134 Å². The molecule has 1 aromatic carbocycles. The van der Waals surface area contributed by atoms with Gasteiger partial charge in [-0.05, 0) is 30.0 Å². The van der Waals surface area contributed by atoms with Crippen LogP contribution < -0.4 is 4.74 Å². The highest BCUT2D eigenvalue weighted by atomic mass is 16.5. The minimum atomic E-state index is 0.273. The molecule has 0 bridgehead atoms. The van der Waals surface area contributed by atoms with E-state index in [2.05, 4.69) is 35.8 Å². The predicted octanol–water partition coefficient (Wildman–Crippen LogP) is 2.22. The molecule has 0 saturated carbocycles. The third-order valence-corrected chi connectivity index (χ3v) is 4.32. The Morgan fingerprint density at radius 1 is 1.23 bits per heavy atom. The molecule has 1 aliphatic rings. The second-order valence-electron chi connectivity index (χ2n) is 6.64. The SMILES string of the molecule is COc1ccc(CN2CCN(CC(C)C)[C@@H](CCO)C2)cc1. The van der Waals surface area contributed by atoms with Crippen LogP contribution in [0.15, 0.2) is 24.3 Å². The van der Waals surface area contributed by atoms with Crippen LogP contribution in [-0.4, -0.2) is 60.8 Å². The van der Waals surface area contributed by atoms with E-state index in [4.69, 9.17) is 4.74 Å². The molecule has 0 aliphatic carbocycles. The van der Waals surface area contributed by atoms with Crippen LogP contribution in [0.25, 0.3) is 0 Å². The molecule has 0 aromatic heterocycles. The summed E-state index contributed by atoms with van der Waals surface area (Å²) in [5.74, 6) is 1.58. The van der Waals surface area contributed by atoms with Gasteiger partial charge in [0.05, 0.1) is 7.11 Å². The molecule has 4 heteroatoms. The molecular formula is C18H30N2O2. The van der Waals surface area contributed by atoms with Crippen LogP contribution in [0.4, 0.5) is 0 Å². The van der Waals surface area contributed by atoms with Crippen molar-refractivity contribution in [1.29, 1.82) is 0 Å². The first-order chi connectivity index (χ1) is 10.6. The summed E-state index contributed by atoms with van der Waals surface area (Å²) < 4.78 is 5.21. The molecule has 1 saturated heterocycles. The number of methoxy groups -OCH3 is 1. The first kappa shape index (κ1) is 17.3. The van der Waals surface area contributed by atoms with Crippen molar-refractivity contribution in [1.82, 2.24) is 9.80 Å². The van der Waals surface area contributed by atoms with Crippen molar-refractivity contribution in [2.24, 2.45) is 5.92 Å². The number of hydrogen-bond donors (Lipinski definition) is 1. The number of aliphatic hydroxyl groups excluding tert-OH is 1.